The number of nitrogens with one attached hydrogen (secondary N) is 3. The summed E-state index contributed by atoms with van der Waals surface area (Å²) in [5.74, 6) is 0.524. The number of fused-ring (bicyclic) bond motifs is 1. The number of hydrogen-bond donors (Lipinski definition) is 4. The molecule has 184 valence electrons. The summed E-state index contributed by atoms with van der Waals surface area (Å²) in [6, 6.07) is 11.9. The molecule has 1 saturated heterocycles. The Labute approximate surface area is 205 Å². The topological polar surface area (TPSA) is 107 Å². The van der Waals surface area contributed by atoms with E-state index >= 15 is 0 Å². The van der Waals surface area contributed by atoms with Gasteiger partial charge in [0.25, 0.3) is 0 Å². The molecule has 2 aromatic carbocycles. The van der Waals surface area contributed by atoms with Gasteiger partial charge >= 0.3 is 0 Å². The average molecular weight is 507 g/mol. The number of H-pyrrole nitrogens is 1. The quantitative estimate of drug-likeness (QED) is 0.297. The van der Waals surface area contributed by atoms with Crippen LogP contribution in [0.15, 0.2) is 53.6 Å². The number of sulfonamides is 1. The number of aromatic nitrogens is 1. The number of aliphatic hydroxyl groups excluding tert-OH is 1. The Bertz CT molecular complexity index is 1180. The van der Waals surface area contributed by atoms with E-state index in [1.807, 2.05) is 24.4 Å². The molecule has 0 aliphatic carbocycles. The minimum absolute atomic E-state index is 0.160. The molecular formula is C24H31ClN4O4S. The molecule has 0 spiro atoms. The predicted molar refractivity (Wildman–Crippen MR) is 134 cm³/mol. The van der Waals surface area contributed by atoms with Gasteiger partial charge in [-0.1, -0.05) is 11.6 Å². The van der Waals surface area contributed by atoms with Crippen LogP contribution in [0.4, 0.5) is 0 Å². The van der Waals surface area contributed by atoms with Crippen molar-refractivity contribution in [2.24, 2.45) is 0 Å². The van der Waals surface area contributed by atoms with E-state index in [1.54, 1.807) is 12.1 Å². The Kier molecular flexibility index (Phi) is 8.46. The minimum atomic E-state index is -3.61. The van der Waals surface area contributed by atoms with Crippen LogP contribution in [0.5, 0.6) is 5.75 Å². The molecule has 1 atom stereocenters. The van der Waals surface area contributed by atoms with Crippen molar-refractivity contribution < 1.29 is 18.3 Å². The maximum absolute atomic E-state index is 12.6. The summed E-state index contributed by atoms with van der Waals surface area (Å²) in [5.41, 5.74) is 2.12. The number of aryl methyl sites for hydroxylation is 1. The van der Waals surface area contributed by atoms with Gasteiger partial charge in [0.1, 0.15) is 18.5 Å². The fraction of sp³-hybridized carbons (Fsp3) is 0.417. The lowest BCUT2D eigenvalue weighted by Gasteiger charge is -2.29. The van der Waals surface area contributed by atoms with Gasteiger partial charge in [-0.3, -0.25) is 4.90 Å². The number of nitrogens with zero attached hydrogens (tertiary/aromatic N) is 1. The molecular weight excluding hydrogens is 476 g/mol. The van der Waals surface area contributed by atoms with Crippen LogP contribution < -0.4 is 14.8 Å². The van der Waals surface area contributed by atoms with Crippen LogP contribution in [0.25, 0.3) is 10.9 Å². The van der Waals surface area contributed by atoms with E-state index in [4.69, 9.17) is 16.3 Å². The fourth-order valence-corrected chi connectivity index (χ4v) is 5.32. The van der Waals surface area contributed by atoms with Crippen molar-refractivity contribution in [3.63, 3.8) is 0 Å². The zero-order valence-electron chi connectivity index (χ0n) is 19.0. The number of piperazine rings is 1. The van der Waals surface area contributed by atoms with Gasteiger partial charge in [-0.05, 0) is 60.9 Å². The van der Waals surface area contributed by atoms with Crippen LogP contribution in [0, 0.1) is 0 Å². The summed E-state index contributed by atoms with van der Waals surface area (Å²) >= 11 is 6.09. The van der Waals surface area contributed by atoms with E-state index in [9.17, 15) is 13.5 Å². The lowest BCUT2D eigenvalue weighted by molar-refractivity contribution is 0.0641. The molecule has 1 aromatic heterocycles. The van der Waals surface area contributed by atoms with Crippen molar-refractivity contribution >= 4 is 32.5 Å². The first kappa shape index (κ1) is 25.0. The lowest BCUT2D eigenvalue weighted by Crippen LogP contribution is -2.47. The van der Waals surface area contributed by atoms with Crippen molar-refractivity contribution in [2.45, 2.75) is 23.8 Å². The van der Waals surface area contributed by atoms with Crippen molar-refractivity contribution in [1.29, 1.82) is 0 Å². The van der Waals surface area contributed by atoms with Crippen LogP contribution in [-0.2, 0) is 16.4 Å². The molecule has 0 amide bonds. The first-order chi connectivity index (χ1) is 16.4. The molecule has 34 heavy (non-hydrogen) atoms. The maximum Gasteiger partial charge on any atom is 0.240 e. The van der Waals surface area contributed by atoms with E-state index in [1.165, 1.54) is 12.1 Å². The molecule has 8 nitrogen and oxygen atoms in total. The van der Waals surface area contributed by atoms with Gasteiger partial charge in [-0.15, -0.1) is 0 Å². The zero-order chi connectivity index (χ0) is 24.0. The standard InChI is InChI=1S/C24H31ClN4O4S/c25-19-3-8-24-23(14-19)18(15-27-24)2-1-9-28-34(31,32)22-6-4-21(5-7-22)33-17-20(30)16-29-12-10-26-11-13-29/h3-8,14-15,20,26-28,30H,1-2,9-13,16-17H2/t20-/m0/s1. The smallest absolute Gasteiger partial charge is 0.240 e. The first-order valence-electron chi connectivity index (χ1n) is 11.5. The Morgan fingerprint density at radius 3 is 2.68 bits per heavy atom. The minimum Gasteiger partial charge on any atom is -0.491 e. The molecule has 2 heterocycles. The third-order valence-electron chi connectivity index (χ3n) is 5.90. The molecule has 1 fully saturated rings. The zero-order valence-corrected chi connectivity index (χ0v) is 20.5. The number of rotatable bonds is 11. The molecule has 1 aliphatic heterocycles. The van der Waals surface area contributed by atoms with Crippen molar-refractivity contribution in [2.75, 3.05) is 45.9 Å². The SMILES string of the molecule is O=S(=O)(NCCCc1c[nH]c2ccc(Cl)cc12)c1ccc(OC[C@@H](O)CN2CCNCC2)cc1. The monoisotopic (exact) mass is 506 g/mol. The number of aromatic amines is 1. The summed E-state index contributed by atoms with van der Waals surface area (Å²) in [6.45, 7) is 4.72. The van der Waals surface area contributed by atoms with E-state index < -0.39 is 16.1 Å². The Balaban J connectivity index is 1.22. The normalized spacial score (nSPS) is 16.1. The highest BCUT2D eigenvalue weighted by molar-refractivity contribution is 7.89. The first-order valence-corrected chi connectivity index (χ1v) is 13.4. The van der Waals surface area contributed by atoms with Gasteiger partial charge in [0.15, 0.2) is 0 Å². The molecule has 4 rings (SSSR count). The molecule has 0 radical (unpaired) electrons. The van der Waals surface area contributed by atoms with Crippen LogP contribution in [-0.4, -0.2) is 75.4 Å². The van der Waals surface area contributed by atoms with Crippen molar-refractivity contribution in [3.8, 4) is 5.75 Å². The molecule has 0 saturated carbocycles. The summed E-state index contributed by atoms with van der Waals surface area (Å²) in [6.07, 6.45) is 2.72. The maximum atomic E-state index is 12.6. The van der Waals surface area contributed by atoms with Crippen LogP contribution in [0.3, 0.4) is 0 Å². The molecule has 0 bridgehead atoms. The number of ether oxygens (including phenoxy) is 1. The second-order valence-corrected chi connectivity index (χ2v) is 10.7. The molecule has 3 aromatic rings. The second kappa shape index (κ2) is 11.5. The highest BCUT2D eigenvalue weighted by Gasteiger charge is 2.16. The number of aliphatic hydroxyl groups is 1. The van der Waals surface area contributed by atoms with Gasteiger partial charge in [0.2, 0.25) is 10.0 Å². The number of hydrogen-bond acceptors (Lipinski definition) is 6. The van der Waals surface area contributed by atoms with Gasteiger partial charge in [-0.25, -0.2) is 13.1 Å². The highest BCUT2D eigenvalue weighted by atomic mass is 35.5. The summed E-state index contributed by atoms with van der Waals surface area (Å²) in [4.78, 5) is 5.59. The van der Waals surface area contributed by atoms with Crippen molar-refractivity contribution in [3.05, 3.63) is 59.2 Å². The van der Waals surface area contributed by atoms with Crippen LogP contribution in [0.1, 0.15) is 12.0 Å². The van der Waals surface area contributed by atoms with Gasteiger partial charge in [-0.2, -0.15) is 0 Å². The third-order valence-corrected chi connectivity index (χ3v) is 7.61. The van der Waals surface area contributed by atoms with E-state index in [-0.39, 0.29) is 11.5 Å². The molecule has 0 unspecified atom stereocenters. The Morgan fingerprint density at radius 2 is 1.91 bits per heavy atom. The fourth-order valence-electron chi connectivity index (χ4n) is 4.08. The third kappa shape index (κ3) is 6.71. The summed E-state index contributed by atoms with van der Waals surface area (Å²) in [5, 5.41) is 15.2. The number of β-amino-alcohol motifs (C(OH)–C–C–N with tert-alkyl or cyclic N) is 1. The molecule has 4 N–H and O–H groups in total. The van der Waals surface area contributed by atoms with Crippen LogP contribution in [0.2, 0.25) is 5.02 Å². The van der Waals surface area contributed by atoms with Crippen molar-refractivity contribution in [1.82, 2.24) is 19.9 Å². The largest absolute Gasteiger partial charge is 0.491 e. The summed E-state index contributed by atoms with van der Waals surface area (Å²) in [7, 11) is -3.61. The number of benzene rings is 2. The second-order valence-electron chi connectivity index (χ2n) is 8.49. The lowest BCUT2D eigenvalue weighted by atomic mass is 10.1. The molecule has 1 aliphatic rings. The van der Waals surface area contributed by atoms with Gasteiger partial charge < -0.3 is 20.1 Å². The highest BCUT2D eigenvalue weighted by Crippen LogP contribution is 2.23. The Morgan fingerprint density at radius 1 is 1.15 bits per heavy atom. The number of halogens is 1. The summed E-state index contributed by atoms with van der Waals surface area (Å²) < 4.78 is 33.5. The predicted octanol–water partition coefficient (Wildman–Crippen LogP) is 2.38. The average Bonchev–Trinajstić information content (AvgIpc) is 3.23. The van der Waals surface area contributed by atoms with E-state index in [0.29, 0.717) is 30.3 Å². The van der Waals surface area contributed by atoms with Gasteiger partial charge in [0, 0.05) is 61.4 Å². The van der Waals surface area contributed by atoms with Gasteiger partial charge in [0.05, 0.1) is 4.90 Å². The van der Waals surface area contributed by atoms with Crippen LogP contribution >= 0.6 is 11.6 Å². The van der Waals surface area contributed by atoms with E-state index in [2.05, 4.69) is 19.9 Å². The Hall–Kier alpha value is -2.14. The molecule has 10 heteroatoms. The van der Waals surface area contributed by atoms with E-state index in [0.717, 1.165) is 49.1 Å².